The number of aromatic nitrogens is 1. The Morgan fingerprint density at radius 2 is 2.14 bits per heavy atom. The van der Waals surface area contributed by atoms with Crippen molar-refractivity contribution < 1.29 is 9.18 Å². The van der Waals surface area contributed by atoms with Gasteiger partial charge in [-0.2, -0.15) is 0 Å². The first-order chi connectivity index (χ1) is 9.86. The van der Waals surface area contributed by atoms with Crippen LogP contribution in [-0.4, -0.2) is 10.5 Å². The number of nitrogens with one attached hydrogen (secondary N) is 1. The second kappa shape index (κ2) is 6.09. The highest BCUT2D eigenvalue weighted by Gasteiger charge is 2.10. The molecule has 1 amide bonds. The minimum Gasteiger partial charge on any atom is -0.399 e. The second-order valence-electron chi connectivity index (χ2n) is 4.56. The van der Waals surface area contributed by atoms with Crippen LogP contribution in [0.1, 0.15) is 5.56 Å². The van der Waals surface area contributed by atoms with Crippen LogP contribution in [-0.2, 0) is 11.3 Å². The molecule has 0 bridgehead atoms. The van der Waals surface area contributed by atoms with E-state index in [1.54, 1.807) is 13.0 Å². The number of nitrogens with two attached hydrogens (primary N) is 1. The number of hydrogen-bond donors (Lipinski definition) is 2. The summed E-state index contributed by atoms with van der Waals surface area (Å²) in [4.78, 5) is 23.8. The predicted octanol–water partition coefficient (Wildman–Crippen LogP) is 2.28. The Kier molecular flexibility index (Phi) is 4.42. The lowest BCUT2D eigenvalue weighted by Crippen LogP contribution is -2.28. The van der Waals surface area contributed by atoms with Gasteiger partial charge in [-0.3, -0.25) is 9.59 Å². The third-order valence-electron chi connectivity index (χ3n) is 2.81. The van der Waals surface area contributed by atoms with E-state index in [9.17, 15) is 14.0 Å². The van der Waals surface area contributed by atoms with Gasteiger partial charge in [0.05, 0.1) is 5.69 Å². The van der Waals surface area contributed by atoms with Gasteiger partial charge >= 0.3 is 0 Å². The van der Waals surface area contributed by atoms with Gasteiger partial charge in [0.25, 0.3) is 5.56 Å². The number of rotatable bonds is 3. The molecule has 1 aromatic heterocycles. The smallest absolute Gasteiger partial charge is 0.253 e. The normalized spacial score (nSPS) is 10.4. The summed E-state index contributed by atoms with van der Waals surface area (Å²) in [5.74, 6) is -1.10. The van der Waals surface area contributed by atoms with Crippen LogP contribution >= 0.6 is 15.9 Å². The quantitative estimate of drug-likeness (QED) is 0.831. The van der Waals surface area contributed by atoms with Crippen molar-refractivity contribution in [3.63, 3.8) is 0 Å². The Balaban J connectivity index is 2.19. The first-order valence-electron chi connectivity index (χ1n) is 6.08. The average molecular weight is 354 g/mol. The maximum absolute atomic E-state index is 13.5. The summed E-state index contributed by atoms with van der Waals surface area (Å²) < 4.78 is 15.5. The predicted molar refractivity (Wildman–Crippen MR) is 82.6 cm³/mol. The molecule has 2 aromatic rings. The molecule has 0 aliphatic carbocycles. The van der Waals surface area contributed by atoms with Crippen LogP contribution < -0.4 is 16.6 Å². The summed E-state index contributed by atoms with van der Waals surface area (Å²) in [6.45, 7) is 1.44. The van der Waals surface area contributed by atoms with Gasteiger partial charge in [-0.25, -0.2) is 4.39 Å². The van der Waals surface area contributed by atoms with Gasteiger partial charge in [0, 0.05) is 21.9 Å². The van der Waals surface area contributed by atoms with Crippen molar-refractivity contribution in [2.45, 2.75) is 13.5 Å². The SMILES string of the molecule is Cc1cc(Br)cn(CC(=O)Nc2cc(N)ccc2F)c1=O. The van der Waals surface area contributed by atoms with Crippen LogP contribution in [0.25, 0.3) is 0 Å². The molecule has 5 nitrogen and oxygen atoms in total. The van der Waals surface area contributed by atoms with Crippen LogP contribution in [0.5, 0.6) is 0 Å². The van der Waals surface area contributed by atoms with Crippen molar-refractivity contribution >= 4 is 33.2 Å². The summed E-state index contributed by atoms with van der Waals surface area (Å²) in [5, 5.41) is 2.40. The number of amides is 1. The molecule has 0 aliphatic heterocycles. The van der Waals surface area contributed by atoms with E-state index in [0.717, 1.165) is 0 Å². The Morgan fingerprint density at radius 3 is 2.86 bits per heavy atom. The molecule has 7 heteroatoms. The fourth-order valence-corrected chi connectivity index (χ4v) is 2.43. The van der Waals surface area contributed by atoms with Gasteiger partial charge in [0.1, 0.15) is 12.4 Å². The minimum absolute atomic E-state index is 0.0141. The average Bonchev–Trinajstić information content (AvgIpc) is 2.39. The molecule has 1 aromatic carbocycles. The molecule has 21 heavy (non-hydrogen) atoms. The number of hydrogen-bond acceptors (Lipinski definition) is 3. The molecule has 1 heterocycles. The minimum atomic E-state index is -0.588. The zero-order valence-electron chi connectivity index (χ0n) is 11.2. The fraction of sp³-hybridized carbons (Fsp3) is 0.143. The number of halogens is 2. The number of anilines is 2. The number of nitrogen functional groups attached to an aromatic ring is 1. The zero-order chi connectivity index (χ0) is 15.6. The molecule has 0 saturated carbocycles. The molecule has 0 saturated heterocycles. The molecule has 0 unspecified atom stereocenters. The second-order valence-corrected chi connectivity index (χ2v) is 5.48. The first-order valence-corrected chi connectivity index (χ1v) is 6.87. The number of pyridine rings is 1. The summed E-state index contributed by atoms with van der Waals surface area (Å²) in [6.07, 6.45) is 1.50. The number of nitrogens with zero attached hydrogens (tertiary/aromatic N) is 1. The van der Waals surface area contributed by atoms with Crippen LogP contribution in [0.3, 0.4) is 0 Å². The van der Waals surface area contributed by atoms with E-state index in [1.165, 1.54) is 29.0 Å². The Bertz CT molecular complexity index is 758. The van der Waals surface area contributed by atoms with E-state index >= 15 is 0 Å². The van der Waals surface area contributed by atoms with E-state index in [4.69, 9.17) is 5.73 Å². The van der Waals surface area contributed by atoms with Gasteiger partial charge in [-0.15, -0.1) is 0 Å². The van der Waals surface area contributed by atoms with Crippen molar-refractivity contribution in [2.75, 3.05) is 11.1 Å². The molecule has 0 aliphatic rings. The molecule has 0 atom stereocenters. The van der Waals surface area contributed by atoms with E-state index in [0.29, 0.717) is 15.7 Å². The van der Waals surface area contributed by atoms with Crippen molar-refractivity contribution in [3.05, 3.63) is 56.7 Å². The van der Waals surface area contributed by atoms with Gasteiger partial charge in [-0.1, -0.05) is 0 Å². The van der Waals surface area contributed by atoms with Gasteiger partial charge < -0.3 is 15.6 Å². The number of carbonyl (C=O) groups is 1. The standard InChI is InChI=1S/C14H13BrFN3O2/c1-8-4-9(15)6-19(14(8)21)7-13(20)18-12-5-10(17)2-3-11(12)16/h2-6H,7,17H2,1H3,(H,18,20). The van der Waals surface area contributed by atoms with Gasteiger partial charge in [-0.05, 0) is 47.1 Å². The first kappa shape index (κ1) is 15.2. The van der Waals surface area contributed by atoms with E-state index in [-0.39, 0.29) is 17.8 Å². The van der Waals surface area contributed by atoms with Crippen molar-refractivity contribution in [3.8, 4) is 0 Å². The largest absolute Gasteiger partial charge is 0.399 e. The van der Waals surface area contributed by atoms with Crippen LogP contribution in [0, 0.1) is 12.7 Å². The summed E-state index contributed by atoms with van der Waals surface area (Å²) in [5.41, 5.74) is 6.09. The third kappa shape index (κ3) is 3.69. The lowest BCUT2D eigenvalue weighted by Gasteiger charge is -2.10. The number of carbonyl (C=O) groups excluding carboxylic acids is 1. The molecule has 110 valence electrons. The molecular formula is C14H13BrFN3O2. The third-order valence-corrected chi connectivity index (χ3v) is 3.24. The van der Waals surface area contributed by atoms with Gasteiger partial charge in [0.15, 0.2) is 0 Å². The Hall–Kier alpha value is -2.15. The topological polar surface area (TPSA) is 77.1 Å². The van der Waals surface area contributed by atoms with Crippen molar-refractivity contribution in [1.29, 1.82) is 0 Å². The molecular weight excluding hydrogens is 341 g/mol. The van der Waals surface area contributed by atoms with E-state index < -0.39 is 11.7 Å². The van der Waals surface area contributed by atoms with E-state index in [1.807, 2.05) is 0 Å². The highest BCUT2D eigenvalue weighted by atomic mass is 79.9. The Labute approximate surface area is 128 Å². The summed E-state index contributed by atoms with van der Waals surface area (Å²) >= 11 is 3.26. The highest BCUT2D eigenvalue weighted by Crippen LogP contribution is 2.17. The van der Waals surface area contributed by atoms with Crippen LogP contribution in [0.15, 0.2) is 39.7 Å². The monoisotopic (exact) mass is 353 g/mol. The molecule has 0 fully saturated rings. The fourth-order valence-electron chi connectivity index (χ4n) is 1.84. The van der Waals surface area contributed by atoms with Crippen LogP contribution in [0.4, 0.5) is 15.8 Å². The van der Waals surface area contributed by atoms with E-state index in [2.05, 4.69) is 21.2 Å². The Morgan fingerprint density at radius 1 is 1.43 bits per heavy atom. The molecule has 0 spiro atoms. The summed E-state index contributed by atoms with van der Waals surface area (Å²) in [6, 6.07) is 5.55. The number of benzene rings is 1. The maximum atomic E-state index is 13.5. The lowest BCUT2D eigenvalue weighted by atomic mass is 10.2. The molecule has 3 N–H and O–H groups in total. The molecule has 2 rings (SSSR count). The lowest BCUT2D eigenvalue weighted by molar-refractivity contribution is -0.116. The highest BCUT2D eigenvalue weighted by molar-refractivity contribution is 9.10. The zero-order valence-corrected chi connectivity index (χ0v) is 12.8. The summed E-state index contributed by atoms with van der Waals surface area (Å²) in [7, 11) is 0. The number of aryl methyl sites for hydroxylation is 1. The van der Waals surface area contributed by atoms with Crippen LogP contribution in [0.2, 0.25) is 0 Å². The van der Waals surface area contributed by atoms with Gasteiger partial charge in [0.2, 0.25) is 5.91 Å². The maximum Gasteiger partial charge on any atom is 0.253 e. The molecule has 0 radical (unpaired) electrons. The van der Waals surface area contributed by atoms with Crippen molar-refractivity contribution in [1.82, 2.24) is 4.57 Å². The van der Waals surface area contributed by atoms with Crippen molar-refractivity contribution in [2.24, 2.45) is 0 Å².